The van der Waals surface area contributed by atoms with Crippen LogP contribution in [0.25, 0.3) is 0 Å². The maximum Gasteiger partial charge on any atom is 0.239 e. The van der Waals surface area contributed by atoms with E-state index in [0.29, 0.717) is 6.54 Å². The molecule has 0 spiro atoms. The van der Waals surface area contributed by atoms with Crippen molar-refractivity contribution in [2.24, 2.45) is 0 Å². The SMILES string of the molecule is CCC(C)(C)NC(=O)C1CNC(=O)CN1. The molecule has 15 heavy (non-hydrogen) atoms. The van der Waals surface area contributed by atoms with E-state index >= 15 is 0 Å². The Bertz CT molecular complexity index is 253. The molecule has 0 aliphatic carbocycles. The molecule has 1 fully saturated rings. The molecule has 1 saturated heterocycles. The zero-order valence-corrected chi connectivity index (χ0v) is 9.52. The highest BCUT2D eigenvalue weighted by molar-refractivity contribution is 5.87. The molecule has 86 valence electrons. The van der Waals surface area contributed by atoms with Gasteiger partial charge in [-0.15, -0.1) is 0 Å². The molecule has 5 nitrogen and oxygen atoms in total. The number of rotatable bonds is 3. The molecule has 3 N–H and O–H groups in total. The summed E-state index contributed by atoms with van der Waals surface area (Å²) in [7, 11) is 0. The second-order valence-electron chi connectivity index (χ2n) is 4.46. The van der Waals surface area contributed by atoms with Crippen LogP contribution in [-0.4, -0.2) is 36.5 Å². The summed E-state index contributed by atoms with van der Waals surface area (Å²) in [6.07, 6.45) is 0.873. The average Bonchev–Trinajstić information content (AvgIpc) is 2.18. The Kier molecular flexibility index (Phi) is 3.68. The lowest BCUT2D eigenvalue weighted by molar-refractivity contribution is -0.127. The van der Waals surface area contributed by atoms with Crippen molar-refractivity contribution in [2.45, 2.75) is 38.8 Å². The second-order valence-corrected chi connectivity index (χ2v) is 4.46. The summed E-state index contributed by atoms with van der Waals surface area (Å²) >= 11 is 0. The van der Waals surface area contributed by atoms with Gasteiger partial charge in [-0.1, -0.05) is 6.92 Å². The molecule has 1 heterocycles. The van der Waals surface area contributed by atoms with E-state index in [1.165, 1.54) is 0 Å². The molecule has 1 unspecified atom stereocenters. The third-order valence-corrected chi connectivity index (χ3v) is 2.67. The van der Waals surface area contributed by atoms with Crippen molar-refractivity contribution < 1.29 is 9.59 Å². The summed E-state index contributed by atoms with van der Waals surface area (Å²) in [5, 5.41) is 8.48. The Labute approximate surface area is 90.0 Å². The highest BCUT2D eigenvalue weighted by Gasteiger charge is 2.27. The molecule has 1 atom stereocenters. The third-order valence-electron chi connectivity index (χ3n) is 2.67. The summed E-state index contributed by atoms with van der Waals surface area (Å²) in [6.45, 7) is 6.56. The van der Waals surface area contributed by atoms with Gasteiger partial charge in [-0.2, -0.15) is 0 Å². The molecule has 1 aliphatic heterocycles. The van der Waals surface area contributed by atoms with Crippen molar-refractivity contribution >= 4 is 11.8 Å². The lowest BCUT2D eigenvalue weighted by atomic mass is 10.0. The maximum absolute atomic E-state index is 11.8. The molecule has 0 saturated carbocycles. The number of hydrogen-bond donors (Lipinski definition) is 3. The summed E-state index contributed by atoms with van der Waals surface area (Å²) in [4.78, 5) is 22.6. The van der Waals surface area contributed by atoms with Crippen molar-refractivity contribution in [3.63, 3.8) is 0 Å². The number of piperazine rings is 1. The highest BCUT2D eigenvalue weighted by Crippen LogP contribution is 2.07. The van der Waals surface area contributed by atoms with Gasteiger partial charge in [0, 0.05) is 12.1 Å². The van der Waals surface area contributed by atoms with Gasteiger partial charge < -0.3 is 10.6 Å². The highest BCUT2D eigenvalue weighted by atomic mass is 16.2. The van der Waals surface area contributed by atoms with E-state index in [0.717, 1.165) is 6.42 Å². The predicted octanol–water partition coefficient (Wildman–Crippen LogP) is -0.621. The van der Waals surface area contributed by atoms with Crippen LogP contribution in [-0.2, 0) is 9.59 Å². The van der Waals surface area contributed by atoms with Crippen molar-refractivity contribution in [1.29, 1.82) is 0 Å². The van der Waals surface area contributed by atoms with Gasteiger partial charge in [0.2, 0.25) is 11.8 Å². The van der Waals surface area contributed by atoms with Crippen LogP contribution >= 0.6 is 0 Å². The fourth-order valence-electron chi connectivity index (χ4n) is 1.26. The molecule has 0 aromatic heterocycles. The number of nitrogens with one attached hydrogen (secondary N) is 3. The Morgan fingerprint density at radius 1 is 1.60 bits per heavy atom. The Morgan fingerprint density at radius 2 is 2.27 bits per heavy atom. The first kappa shape index (κ1) is 12.0. The Balaban J connectivity index is 2.44. The third kappa shape index (κ3) is 3.51. The van der Waals surface area contributed by atoms with Gasteiger partial charge in [0.05, 0.1) is 6.54 Å². The minimum Gasteiger partial charge on any atom is -0.353 e. The van der Waals surface area contributed by atoms with Gasteiger partial charge in [-0.3, -0.25) is 14.9 Å². The molecule has 2 amide bonds. The van der Waals surface area contributed by atoms with Gasteiger partial charge >= 0.3 is 0 Å². The fraction of sp³-hybridized carbons (Fsp3) is 0.800. The van der Waals surface area contributed by atoms with Crippen LogP contribution in [0.3, 0.4) is 0 Å². The molecule has 0 aromatic rings. The van der Waals surface area contributed by atoms with Gasteiger partial charge in [0.25, 0.3) is 0 Å². The number of carbonyl (C=O) groups is 2. The van der Waals surface area contributed by atoms with E-state index in [-0.39, 0.29) is 29.9 Å². The van der Waals surface area contributed by atoms with E-state index < -0.39 is 0 Å². The minimum absolute atomic E-state index is 0.0538. The molecule has 0 aromatic carbocycles. The molecule has 0 radical (unpaired) electrons. The Hall–Kier alpha value is -1.10. The number of carbonyl (C=O) groups excluding carboxylic acids is 2. The van der Waals surface area contributed by atoms with Crippen LogP contribution in [0.15, 0.2) is 0 Å². The van der Waals surface area contributed by atoms with Gasteiger partial charge in [0.1, 0.15) is 6.04 Å². The summed E-state index contributed by atoms with van der Waals surface area (Å²) in [5.74, 6) is -0.115. The van der Waals surface area contributed by atoms with E-state index in [9.17, 15) is 9.59 Å². The smallest absolute Gasteiger partial charge is 0.239 e. The largest absolute Gasteiger partial charge is 0.353 e. The first-order valence-corrected chi connectivity index (χ1v) is 5.27. The average molecular weight is 213 g/mol. The van der Waals surface area contributed by atoms with Crippen molar-refractivity contribution in [3.8, 4) is 0 Å². The summed E-state index contributed by atoms with van der Waals surface area (Å²) in [5.41, 5.74) is -0.194. The van der Waals surface area contributed by atoms with Crippen LogP contribution < -0.4 is 16.0 Å². The minimum atomic E-state index is -0.312. The summed E-state index contributed by atoms with van der Waals surface area (Å²) in [6, 6.07) is -0.312. The number of hydrogen-bond acceptors (Lipinski definition) is 3. The van der Waals surface area contributed by atoms with Crippen LogP contribution in [0.5, 0.6) is 0 Å². The molecule has 1 rings (SSSR count). The topological polar surface area (TPSA) is 70.2 Å². The van der Waals surface area contributed by atoms with Crippen LogP contribution in [0, 0.1) is 0 Å². The second kappa shape index (κ2) is 4.61. The van der Waals surface area contributed by atoms with Crippen molar-refractivity contribution in [1.82, 2.24) is 16.0 Å². The normalized spacial score (nSPS) is 22.1. The van der Waals surface area contributed by atoms with Gasteiger partial charge in [0.15, 0.2) is 0 Å². The van der Waals surface area contributed by atoms with Crippen LogP contribution in [0.2, 0.25) is 0 Å². The van der Waals surface area contributed by atoms with Crippen molar-refractivity contribution in [2.75, 3.05) is 13.1 Å². The molecular weight excluding hydrogens is 194 g/mol. The van der Waals surface area contributed by atoms with E-state index in [1.807, 2.05) is 20.8 Å². The monoisotopic (exact) mass is 213 g/mol. The van der Waals surface area contributed by atoms with Gasteiger partial charge in [-0.05, 0) is 20.3 Å². The maximum atomic E-state index is 11.8. The van der Waals surface area contributed by atoms with E-state index in [4.69, 9.17) is 0 Å². The number of amides is 2. The van der Waals surface area contributed by atoms with Gasteiger partial charge in [-0.25, -0.2) is 0 Å². The van der Waals surface area contributed by atoms with Crippen LogP contribution in [0.1, 0.15) is 27.2 Å². The quantitative estimate of drug-likeness (QED) is 0.585. The van der Waals surface area contributed by atoms with Crippen LogP contribution in [0.4, 0.5) is 0 Å². The van der Waals surface area contributed by atoms with E-state index in [2.05, 4.69) is 16.0 Å². The zero-order chi connectivity index (χ0) is 11.5. The van der Waals surface area contributed by atoms with E-state index in [1.54, 1.807) is 0 Å². The standard InChI is InChI=1S/C10H19N3O2/c1-4-10(2,3)13-9(15)7-5-12-8(14)6-11-7/h7,11H,4-6H2,1-3H3,(H,12,14)(H,13,15). The predicted molar refractivity (Wildman–Crippen MR) is 57.3 cm³/mol. The fourth-order valence-corrected chi connectivity index (χ4v) is 1.26. The lowest BCUT2D eigenvalue weighted by Gasteiger charge is -2.29. The summed E-state index contributed by atoms with van der Waals surface area (Å²) < 4.78 is 0. The molecular formula is C10H19N3O2. The first-order chi connectivity index (χ1) is 6.94. The van der Waals surface area contributed by atoms with Crippen molar-refractivity contribution in [3.05, 3.63) is 0 Å². The first-order valence-electron chi connectivity index (χ1n) is 5.27. The molecule has 5 heteroatoms. The lowest BCUT2D eigenvalue weighted by Crippen LogP contribution is -2.60. The molecule has 0 bridgehead atoms. The Morgan fingerprint density at radius 3 is 2.73 bits per heavy atom. The molecule has 1 aliphatic rings. The zero-order valence-electron chi connectivity index (χ0n) is 9.52.